The largest absolute Gasteiger partial charge is 0.463 e. The molecule has 0 bridgehead atoms. The number of thioether (sulfide) groups is 1. The quantitative estimate of drug-likeness (QED) is 0.446. The average Bonchev–Trinajstić information content (AvgIpc) is 3.24. The predicted octanol–water partition coefficient (Wildman–Crippen LogP) is 4.87. The highest BCUT2D eigenvalue weighted by molar-refractivity contribution is 9.10. The number of halogens is 1. The molecule has 0 aliphatic rings. The van der Waals surface area contributed by atoms with Crippen LogP contribution in [0.1, 0.15) is 28.5 Å². The fourth-order valence-electron chi connectivity index (χ4n) is 2.17. The van der Waals surface area contributed by atoms with Gasteiger partial charge in [0.15, 0.2) is 5.16 Å². The first-order chi connectivity index (χ1) is 11.6. The second-order valence-corrected chi connectivity index (χ2v) is 7.23. The predicted molar refractivity (Wildman–Crippen MR) is 95.6 cm³/mol. The highest BCUT2D eigenvalue weighted by atomic mass is 79.9. The minimum atomic E-state index is -0.477. The van der Waals surface area contributed by atoms with E-state index in [2.05, 4.69) is 25.7 Å². The molecule has 2 heterocycles. The second kappa shape index (κ2) is 7.27. The number of benzene rings is 1. The summed E-state index contributed by atoms with van der Waals surface area (Å²) in [5, 5.41) is 0.848. The maximum absolute atomic E-state index is 11.5. The number of carbonyl (C=O) groups is 1. The number of aromatic nitrogens is 2. The van der Waals surface area contributed by atoms with Gasteiger partial charge >= 0.3 is 5.97 Å². The number of carbonyl (C=O) groups excluding carboxylic acids is 1. The zero-order valence-electron chi connectivity index (χ0n) is 13.1. The monoisotopic (exact) mass is 406 g/mol. The highest BCUT2D eigenvalue weighted by Crippen LogP contribution is 2.35. The molecule has 3 aromatic rings. The Morgan fingerprint density at radius 3 is 2.75 bits per heavy atom. The average molecular weight is 407 g/mol. The van der Waals surface area contributed by atoms with Crippen molar-refractivity contribution < 1.29 is 13.9 Å². The van der Waals surface area contributed by atoms with Crippen molar-refractivity contribution in [2.24, 2.45) is 0 Å². The van der Waals surface area contributed by atoms with Gasteiger partial charge in [-0.05, 0) is 43.3 Å². The maximum Gasteiger partial charge on any atom is 0.373 e. The van der Waals surface area contributed by atoms with Crippen molar-refractivity contribution in [2.45, 2.75) is 17.3 Å². The Morgan fingerprint density at radius 1 is 1.29 bits per heavy atom. The Kier molecular flexibility index (Phi) is 5.11. The van der Waals surface area contributed by atoms with Crippen LogP contribution in [-0.4, -0.2) is 22.6 Å². The first-order valence-corrected chi connectivity index (χ1v) is 8.89. The van der Waals surface area contributed by atoms with Crippen molar-refractivity contribution in [3.8, 4) is 5.69 Å². The van der Waals surface area contributed by atoms with Crippen LogP contribution in [0.2, 0.25) is 0 Å². The van der Waals surface area contributed by atoms with Gasteiger partial charge in [-0.15, -0.1) is 0 Å². The van der Waals surface area contributed by atoms with Gasteiger partial charge in [0.2, 0.25) is 5.76 Å². The van der Waals surface area contributed by atoms with E-state index in [-0.39, 0.29) is 11.0 Å². The zero-order chi connectivity index (χ0) is 17.1. The standard InChI is InChI=1S/C17H15BrN2O3S/c1-11(14-7-8-15(23-14)16(21)22-2)24-17-19-9-10-20(17)13-5-3-12(18)4-6-13/h3-11H,1-2H3. The van der Waals surface area contributed by atoms with Gasteiger partial charge in [0.05, 0.1) is 12.4 Å². The Balaban J connectivity index is 1.79. The summed E-state index contributed by atoms with van der Waals surface area (Å²) in [6.07, 6.45) is 3.68. The molecule has 0 N–H and O–H groups in total. The first-order valence-electron chi connectivity index (χ1n) is 7.22. The molecule has 5 nitrogen and oxygen atoms in total. The summed E-state index contributed by atoms with van der Waals surface area (Å²) in [7, 11) is 1.33. The number of nitrogens with zero attached hydrogens (tertiary/aromatic N) is 2. The van der Waals surface area contributed by atoms with Gasteiger partial charge in [-0.2, -0.15) is 0 Å². The smallest absolute Gasteiger partial charge is 0.373 e. The minimum absolute atomic E-state index is 0.00000415. The molecule has 1 unspecified atom stereocenters. The van der Waals surface area contributed by atoms with E-state index in [1.165, 1.54) is 7.11 Å². The molecule has 0 saturated carbocycles. The van der Waals surface area contributed by atoms with Crippen molar-refractivity contribution in [3.63, 3.8) is 0 Å². The maximum atomic E-state index is 11.5. The van der Waals surface area contributed by atoms with Gasteiger partial charge in [-0.1, -0.05) is 27.7 Å². The summed E-state index contributed by atoms with van der Waals surface area (Å²) >= 11 is 4.99. The van der Waals surface area contributed by atoms with Crippen LogP contribution in [0.5, 0.6) is 0 Å². The molecule has 0 saturated heterocycles. The topological polar surface area (TPSA) is 57.3 Å². The van der Waals surface area contributed by atoms with Crippen LogP contribution in [0.4, 0.5) is 0 Å². The summed E-state index contributed by atoms with van der Waals surface area (Å²) in [5.74, 6) is 0.428. The van der Waals surface area contributed by atoms with E-state index in [9.17, 15) is 4.79 Å². The Hall–Kier alpha value is -1.99. The van der Waals surface area contributed by atoms with Crippen molar-refractivity contribution in [2.75, 3.05) is 7.11 Å². The van der Waals surface area contributed by atoms with Crippen molar-refractivity contribution >= 4 is 33.7 Å². The van der Waals surface area contributed by atoms with E-state index in [4.69, 9.17) is 4.42 Å². The van der Waals surface area contributed by atoms with Crippen LogP contribution in [0, 0.1) is 0 Å². The summed E-state index contributed by atoms with van der Waals surface area (Å²) in [6, 6.07) is 11.4. The number of hydrogen-bond acceptors (Lipinski definition) is 5. The lowest BCUT2D eigenvalue weighted by atomic mass is 10.3. The fourth-order valence-corrected chi connectivity index (χ4v) is 3.40. The number of methoxy groups -OCH3 is 1. The summed E-state index contributed by atoms with van der Waals surface area (Å²) in [5.41, 5.74) is 1.03. The Labute approximate surface area is 152 Å². The van der Waals surface area contributed by atoms with Gasteiger partial charge in [0.1, 0.15) is 5.76 Å². The van der Waals surface area contributed by atoms with E-state index >= 15 is 0 Å². The van der Waals surface area contributed by atoms with Crippen molar-refractivity contribution in [1.82, 2.24) is 9.55 Å². The van der Waals surface area contributed by atoms with Crippen LogP contribution in [0.15, 0.2) is 62.8 Å². The summed E-state index contributed by atoms with van der Waals surface area (Å²) in [4.78, 5) is 15.9. The molecule has 1 aromatic carbocycles. The van der Waals surface area contributed by atoms with Crippen LogP contribution < -0.4 is 0 Å². The number of imidazole rings is 1. The Morgan fingerprint density at radius 2 is 2.04 bits per heavy atom. The Bertz CT molecular complexity index is 842. The normalized spacial score (nSPS) is 12.1. The molecule has 0 aliphatic carbocycles. The molecule has 124 valence electrons. The minimum Gasteiger partial charge on any atom is -0.463 e. The van der Waals surface area contributed by atoms with Crippen molar-refractivity contribution in [3.05, 3.63) is 64.8 Å². The molecule has 0 aliphatic heterocycles. The molecule has 24 heavy (non-hydrogen) atoms. The van der Waals surface area contributed by atoms with Crippen LogP contribution in [0.3, 0.4) is 0 Å². The van der Waals surface area contributed by atoms with E-state index in [1.807, 2.05) is 42.0 Å². The van der Waals surface area contributed by atoms with E-state index in [0.29, 0.717) is 5.76 Å². The molecular weight excluding hydrogens is 392 g/mol. The molecule has 0 amide bonds. The number of esters is 1. The summed E-state index contributed by atoms with van der Waals surface area (Å²) < 4.78 is 13.3. The number of furan rings is 1. The third kappa shape index (κ3) is 3.57. The molecule has 0 fully saturated rings. The van der Waals surface area contributed by atoms with Crippen LogP contribution in [0.25, 0.3) is 5.69 Å². The third-order valence-corrected chi connectivity index (χ3v) is 5.04. The van der Waals surface area contributed by atoms with E-state index in [0.717, 1.165) is 15.3 Å². The lowest BCUT2D eigenvalue weighted by Gasteiger charge is -2.11. The SMILES string of the molecule is COC(=O)c1ccc(C(C)Sc2nccn2-c2ccc(Br)cc2)o1. The molecule has 1 atom stereocenters. The molecule has 0 radical (unpaired) electrons. The van der Waals surface area contributed by atoms with Gasteiger partial charge in [-0.25, -0.2) is 9.78 Å². The number of rotatable bonds is 5. The summed E-state index contributed by atoms with van der Waals surface area (Å²) in [6.45, 7) is 2.01. The van der Waals surface area contributed by atoms with Gasteiger partial charge in [0.25, 0.3) is 0 Å². The van der Waals surface area contributed by atoms with Crippen molar-refractivity contribution in [1.29, 1.82) is 0 Å². The van der Waals surface area contributed by atoms with E-state index in [1.54, 1.807) is 30.1 Å². The fraction of sp³-hybridized carbons (Fsp3) is 0.176. The highest BCUT2D eigenvalue weighted by Gasteiger charge is 2.18. The van der Waals surface area contributed by atoms with Gasteiger partial charge in [-0.3, -0.25) is 4.57 Å². The second-order valence-electron chi connectivity index (χ2n) is 5.01. The van der Waals surface area contributed by atoms with Gasteiger partial charge in [0, 0.05) is 22.6 Å². The van der Waals surface area contributed by atoms with Crippen LogP contribution in [-0.2, 0) is 4.74 Å². The van der Waals surface area contributed by atoms with E-state index < -0.39 is 5.97 Å². The number of hydrogen-bond donors (Lipinski definition) is 0. The van der Waals surface area contributed by atoms with Gasteiger partial charge < -0.3 is 9.15 Å². The lowest BCUT2D eigenvalue weighted by Crippen LogP contribution is -1.99. The van der Waals surface area contributed by atoms with Crippen LogP contribution >= 0.6 is 27.7 Å². The number of ether oxygens (including phenoxy) is 1. The lowest BCUT2D eigenvalue weighted by molar-refractivity contribution is 0.0563. The molecule has 3 rings (SSSR count). The first kappa shape index (κ1) is 16.9. The molecule has 0 spiro atoms. The third-order valence-electron chi connectivity index (χ3n) is 3.41. The zero-order valence-corrected chi connectivity index (χ0v) is 15.5. The molecule has 7 heteroatoms. The molecule has 2 aromatic heterocycles. The molecular formula is C17H15BrN2O3S.